The highest BCUT2D eigenvalue weighted by atomic mass is 19.1. The first-order chi connectivity index (χ1) is 14.4. The fraction of sp³-hybridized carbons (Fsp3) is 0.238. The molecule has 0 unspecified atom stereocenters. The zero-order valence-corrected chi connectivity index (χ0v) is 16.2. The summed E-state index contributed by atoms with van der Waals surface area (Å²) in [5, 5.41) is 7.20. The number of H-pyrrole nitrogens is 1. The van der Waals surface area contributed by atoms with Crippen molar-refractivity contribution in [2.75, 3.05) is 26.2 Å². The van der Waals surface area contributed by atoms with Gasteiger partial charge in [0.25, 0.3) is 11.5 Å². The summed E-state index contributed by atoms with van der Waals surface area (Å²) in [6, 6.07) is 10.7. The monoisotopic (exact) mass is 410 g/mol. The van der Waals surface area contributed by atoms with E-state index in [-0.39, 0.29) is 28.7 Å². The quantitative estimate of drug-likeness (QED) is 0.714. The van der Waals surface area contributed by atoms with E-state index in [2.05, 4.69) is 10.2 Å². The van der Waals surface area contributed by atoms with Gasteiger partial charge in [-0.05, 0) is 30.3 Å². The van der Waals surface area contributed by atoms with E-state index in [1.807, 2.05) is 0 Å². The normalized spacial score (nSPS) is 14.1. The third kappa shape index (κ3) is 3.73. The lowest BCUT2D eigenvalue weighted by Gasteiger charge is -2.34. The molecule has 0 bridgehead atoms. The summed E-state index contributed by atoms with van der Waals surface area (Å²) < 4.78 is 20.2. The molecule has 2 heterocycles. The predicted octanol–water partition coefficient (Wildman–Crippen LogP) is 2.16. The minimum absolute atomic E-state index is 0.0516. The molecular formula is C21H19FN4O4. The van der Waals surface area contributed by atoms with Gasteiger partial charge in [-0.1, -0.05) is 12.1 Å². The van der Waals surface area contributed by atoms with Crippen LogP contribution < -0.4 is 10.3 Å². The van der Waals surface area contributed by atoms with Crippen LogP contribution in [0.25, 0.3) is 10.8 Å². The third-order valence-corrected chi connectivity index (χ3v) is 5.06. The fourth-order valence-corrected chi connectivity index (χ4v) is 3.41. The van der Waals surface area contributed by atoms with Gasteiger partial charge in [0.2, 0.25) is 11.8 Å². The number of ether oxygens (including phenoxy) is 1. The first-order valence-corrected chi connectivity index (χ1v) is 9.43. The molecule has 8 nitrogen and oxygen atoms in total. The van der Waals surface area contributed by atoms with E-state index in [9.17, 15) is 18.8 Å². The van der Waals surface area contributed by atoms with E-state index in [4.69, 9.17) is 4.74 Å². The number of benzene rings is 2. The van der Waals surface area contributed by atoms with Crippen molar-refractivity contribution in [3.8, 4) is 11.6 Å². The van der Waals surface area contributed by atoms with Crippen molar-refractivity contribution < 1.29 is 18.7 Å². The van der Waals surface area contributed by atoms with Crippen LogP contribution in [0, 0.1) is 5.82 Å². The van der Waals surface area contributed by atoms with E-state index in [0.717, 1.165) is 6.07 Å². The standard InChI is InChI=1S/C21H19FN4O4/c1-13(27)25-8-10-26(11-9-25)21(29)17-12-14(6-7-18(17)22)30-20-16-5-3-2-4-15(16)19(28)23-24-20/h2-7,12H,8-11H2,1H3,(H,23,28). The molecule has 1 fully saturated rings. The molecule has 9 heteroatoms. The van der Waals surface area contributed by atoms with Gasteiger partial charge in [0.15, 0.2) is 0 Å². The number of carbonyl (C=O) groups is 2. The van der Waals surface area contributed by atoms with Gasteiger partial charge in [-0.3, -0.25) is 14.4 Å². The molecule has 1 N–H and O–H groups in total. The third-order valence-electron chi connectivity index (χ3n) is 5.06. The average molecular weight is 410 g/mol. The van der Waals surface area contributed by atoms with Crippen LogP contribution in [0.3, 0.4) is 0 Å². The Labute approximate surface area is 170 Å². The molecule has 154 valence electrons. The van der Waals surface area contributed by atoms with Crippen molar-refractivity contribution in [1.82, 2.24) is 20.0 Å². The summed E-state index contributed by atoms with van der Waals surface area (Å²) >= 11 is 0. The van der Waals surface area contributed by atoms with Crippen molar-refractivity contribution in [3.63, 3.8) is 0 Å². The SMILES string of the molecule is CC(=O)N1CCN(C(=O)c2cc(Oc3n[nH]c(=O)c4ccccc34)ccc2F)CC1. The molecule has 0 radical (unpaired) electrons. The van der Waals surface area contributed by atoms with Crippen LogP contribution in [0.5, 0.6) is 11.6 Å². The maximum Gasteiger partial charge on any atom is 0.272 e. The van der Waals surface area contributed by atoms with Crippen molar-refractivity contribution in [1.29, 1.82) is 0 Å². The van der Waals surface area contributed by atoms with E-state index >= 15 is 0 Å². The highest BCUT2D eigenvalue weighted by Gasteiger charge is 2.25. The minimum Gasteiger partial charge on any atom is -0.437 e. The Balaban J connectivity index is 1.59. The molecule has 0 aliphatic carbocycles. The number of rotatable bonds is 3. The number of carbonyl (C=O) groups excluding carboxylic acids is 2. The number of halogens is 1. The van der Waals surface area contributed by atoms with E-state index < -0.39 is 11.7 Å². The Morgan fingerprint density at radius 3 is 2.40 bits per heavy atom. The lowest BCUT2D eigenvalue weighted by atomic mass is 10.1. The maximum atomic E-state index is 14.4. The summed E-state index contributed by atoms with van der Waals surface area (Å²) in [5.74, 6) is -0.831. The lowest BCUT2D eigenvalue weighted by molar-refractivity contribution is -0.130. The molecule has 0 spiro atoms. The summed E-state index contributed by atoms with van der Waals surface area (Å²) in [6.07, 6.45) is 0. The second kappa shape index (κ2) is 7.94. The number of fused-ring (bicyclic) bond motifs is 1. The van der Waals surface area contributed by atoms with Crippen molar-refractivity contribution in [2.24, 2.45) is 0 Å². The molecule has 2 aromatic carbocycles. The molecule has 1 aliphatic heterocycles. The molecular weight excluding hydrogens is 391 g/mol. The number of hydrogen-bond donors (Lipinski definition) is 1. The first kappa shape index (κ1) is 19.6. The predicted molar refractivity (Wildman–Crippen MR) is 107 cm³/mol. The van der Waals surface area contributed by atoms with Gasteiger partial charge >= 0.3 is 0 Å². The Kier molecular flexibility index (Phi) is 5.18. The van der Waals surface area contributed by atoms with Gasteiger partial charge < -0.3 is 14.5 Å². The first-order valence-electron chi connectivity index (χ1n) is 9.43. The molecule has 1 aromatic heterocycles. The molecule has 1 saturated heterocycles. The summed E-state index contributed by atoms with van der Waals surface area (Å²) in [5.41, 5.74) is -0.477. The molecule has 2 amide bonds. The van der Waals surface area contributed by atoms with E-state index in [0.29, 0.717) is 37.0 Å². The summed E-state index contributed by atoms with van der Waals surface area (Å²) in [6.45, 7) is 2.95. The van der Waals surface area contributed by atoms with Crippen molar-refractivity contribution in [3.05, 3.63) is 64.2 Å². The zero-order chi connectivity index (χ0) is 21.3. The van der Waals surface area contributed by atoms with Gasteiger partial charge in [0, 0.05) is 33.1 Å². The molecule has 3 aromatic rings. The number of nitrogens with zero attached hydrogens (tertiary/aromatic N) is 3. The second-order valence-electron chi connectivity index (χ2n) is 6.95. The number of hydrogen-bond acceptors (Lipinski definition) is 5. The largest absolute Gasteiger partial charge is 0.437 e. The second-order valence-corrected chi connectivity index (χ2v) is 6.95. The van der Waals surface area contributed by atoms with Crippen LogP contribution in [0.1, 0.15) is 17.3 Å². The average Bonchev–Trinajstić information content (AvgIpc) is 2.76. The van der Waals surface area contributed by atoms with Crippen LogP contribution in [-0.4, -0.2) is 58.0 Å². The lowest BCUT2D eigenvalue weighted by Crippen LogP contribution is -2.50. The van der Waals surface area contributed by atoms with Crippen molar-refractivity contribution >= 4 is 22.6 Å². The van der Waals surface area contributed by atoms with E-state index in [1.165, 1.54) is 24.0 Å². The zero-order valence-electron chi connectivity index (χ0n) is 16.2. The van der Waals surface area contributed by atoms with Gasteiger partial charge in [-0.25, -0.2) is 9.49 Å². The minimum atomic E-state index is -0.666. The number of amides is 2. The van der Waals surface area contributed by atoms with Gasteiger partial charge in [-0.2, -0.15) is 0 Å². The smallest absolute Gasteiger partial charge is 0.272 e. The van der Waals surface area contributed by atoms with Crippen LogP contribution in [0.4, 0.5) is 4.39 Å². The Hall–Kier alpha value is -3.75. The molecule has 0 saturated carbocycles. The fourth-order valence-electron chi connectivity index (χ4n) is 3.41. The molecule has 30 heavy (non-hydrogen) atoms. The maximum absolute atomic E-state index is 14.4. The number of piperazine rings is 1. The number of aromatic nitrogens is 2. The van der Waals surface area contributed by atoms with Crippen LogP contribution in [0.15, 0.2) is 47.3 Å². The Bertz CT molecular complexity index is 1190. The number of aromatic amines is 1. The Morgan fingerprint density at radius 1 is 1.03 bits per heavy atom. The van der Waals surface area contributed by atoms with Crippen molar-refractivity contribution in [2.45, 2.75) is 6.92 Å². The summed E-state index contributed by atoms with van der Waals surface area (Å²) in [7, 11) is 0. The molecule has 1 aliphatic rings. The number of nitrogens with one attached hydrogen (secondary N) is 1. The topological polar surface area (TPSA) is 95.6 Å². The van der Waals surface area contributed by atoms with Gasteiger partial charge in [0.1, 0.15) is 11.6 Å². The van der Waals surface area contributed by atoms with E-state index in [1.54, 1.807) is 29.2 Å². The van der Waals surface area contributed by atoms with Gasteiger partial charge in [0.05, 0.1) is 16.3 Å². The van der Waals surface area contributed by atoms with Crippen LogP contribution >= 0.6 is 0 Å². The highest BCUT2D eigenvalue weighted by molar-refractivity contribution is 5.95. The summed E-state index contributed by atoms with van der Waals surface area (Å²) in [4.78, 5) is 39.3. The molecule has 0 atom stereocenters. The molecule has 4 rings (SSSR count). The van der Waals surface area contributed by atoms with Gasteiger partial charge in [-0.15, -0.1) is 5.10 Å². The Morgan fingerprint density at radius 2 is 1.70 bits per heavy atom. The van der Waals surface area contributed by atoms with Crippen LogP contribution in [-0.2, 0) is 4.79 Å². The van der Waals surface area contributed by atoms with Crippen LogP contribution in [0.2, 0.25) is 0 Å². The highest BCUT2D eigenvalue weighted by Crippen LogP contribution is 2.27.